The zero-order valence-corrected chi connectivity index (χ0v) is 13.8. The lowest BCUT2D eigenvalue weighted by Crippen LogP contribution is -2.37. The zero-order chi connectivity index (χ0) is 15.5. The average Bonchev–Trinajstić information content (AvgIpc) is 2.96. The summed E-state index contributed by atoms with van der Waals surface area (Å²) in [6, 6.07) is 7.29. The largest absolute Gasteiger partial charge is 0.360 e. The molecule has 1 aromatic heterocycles. The highest BCUT2D eigenvalue weighted by Gasteiger charge is 2.27. The van der Waals surface area contributed by atoms with Gasteiger partial charge in [0.05, 0.1) is 0 Å². The van der Waals surface area contributed by atoms with Gasteiger partial charge in [0.2, 0.25) is 0 Å². The number of hydrogen-bond acceptors (Lipinski definition) is 4. The fourth-order valence-electron chi connectivity index (χ4n) is 2.94. The molecule has 0 bridgehead atoms. The maximum atomic E-state index is 14.0. The molecule has 1 aromatic carbocycles. The van der Waals surface area contributed by atoms with Gasteiger partial charge in [-0.15, -0.1) is 0 Å². The molecule has 0 aliphatic carbocycles. The third kappa shape index (κ3) is 3.06. The molecule has 118 valence electrons. The van der Waals surface area contributed by atoms with Gasteiger partial charge in [-0.1, -0.05) is 17.3 Å². The van der Waals surface area contributed by atoms with Gasteiger partial charge in [-0.2, -0.15) is 11.8 Å². The summed E-state index contributed by atoms with van der Waals surface area (Å²) in [6.45, 7) is 4.03. The molecule has 1 unspecified atom stereocenters. The molecule has 5 heteroatoms. The van der Waals surface area contributed by atoms with Gasteiger partial charge in [-0.3, -0.25) is 4.90 Å². The third-order valence-electron chi connectivity index (χ3n) is 4.35. The molecule has 0 N–H and O–H groups in total. The minimum absolute atomic E-state index is 0.244. The third-order valence-corrected chi connectivity index (χ3v) is 4.99. The number of fused-ring (bicyclic) bond motifs is 1. The molecule has 0 spiro atoms. The molecule has 0 radical (unpaired) electrons. The quantitative estimate of drug-likeness (QED) is 0.833. The van der Waals surface area contributed by atoms with E-state index in [1.54, 1.807) is 12.1 Å². The van der Waals surface area contributed by atoms with E-state index in [0.29, 0.717) is 17.3 Å². The number of aromatic nitrogens is 1. The van der Waals surface area contributed by atoms with Crippen LogP contribution in [0.3, 0.4) is 0 Å². The minimum Gasteiger partial charge on any atom is -0.360 e. The fourth-order valence-corrected chi connectivity index (χ4v) is 3.52. The van der Waals surface area contributed by atoms with Gasteiger partial charge in [0.25, 0.3) is 0 Å². The van der Waals surface area contributed by atoms with Crippen molar-refractivity contribution in [1.82, 2.24) is 10.1 Å². The first kappa shape index (κ1) is 15.6. The fraction of sp³-hybridized carbons (Fsp3) is 0.471. The van der Waals surface area contributed by atoms with E-state index >= 15 is 0 Å². The monoisotopic (exact) mass is 320 g/mol. The Hall–Kier alpha value is -1.33. The highest BCUT2D eigenvalue weighted by atomic mass is 32.2. The van der Waals surface area contributed by atoms with E-state index in [0.717, 1.165) is 43.0 Å². The molecule has 3 rings (SSSR count). The summed E-state index contributed by atoms with van der Waals surface area (Å²) >= 11 is 1.88. The smallest absolute Gasteiger partial charge is 0.143 e. The Morgan fingerprint density at radius 3 is 3.00 bits per heavy atom. The van der Waals surface area contributed by atoms with Crippen molar-refractivity contribution in [2.75, 3.05) is 18.6 Å². The number of benzene rings is 1. The summed E-state index contributed by atoms with van der Waals surface area (Å²) in [4.78, 5) is 2.44. The number of hydrogen-bond donors (Lipinski definition) is 0. The highest BCUT2D eigenvalue weighted by Crippen LogP contribution is 2.32. The Morgan fingerprint density at radius 1 is 1.41 bits per heavy atom. The normalized spacial score (nSPS) is 16.5. The first-order valence-electron chi connectivity index (χ1n) is 7.66. The Morgan fingerprint density at radius 2 is 2.23 bits per heavy atom. The molecule has 1 atom stereocenters. The Bertz CT molecular complexity index is 643. The maximum absolute atomic E-state index is 14.0. The number of nitrogens with zero attached hydrogens (tertiary/aromatic N) is 2. The molecule has 22 heavy (non-hydrogen) atoms. The molecular formula is C17H21FN2OS. The van der Waals surface area contributed by atoms with Crippen LogP contribution in [0.1, 0.15) is 24.7 Å². The summed E-state index contributed by atoms with van der Waals surface area (Å²) in [5, 5.41) is 4.14. The molecule has 0 saturated carbocycles. The second kappa shape index (κ2) is 6.84. The molecular weight excluding hydrogens is 299 g/mol. The van der Waals surface area contributed by atoms with Gasteiger partial charge < -0.3 is 4.52 Å². The van der Waals surface area contributed by atoms with Crippen molar-refractivity contribution in [3.63, 3.8) is 0 Å². The first-order valence-corrected chi connectivity index (χ1v) is 9.05. The Kier molecular flexibility index (Phi) is 4.84. The Labute approximate surface area is 134 Å². The lowest BCUT2D eigenvalue weighted by atomic mass is 9.99. The molecule has 2 aromatic rings. The summed E-state index contributed by atoms with van der Waals surface area (Å²) in [6.07, 6.45) is 4.15. The van der Waals surface area contributed by atoms with Crippen molar-refractivity contribution in [1.29, 1.82) is 0 Å². The molecule has 1 aliphatic heterocycles. The van der Waals surface area contributed by atoms with Crippen molar-refractivity contribution in [3.05, 3.63) is 41.4 Å². The summed E-state index contributed by atoms with van der Waals surface area (Å²) in [5.41, 5.74) is 2.24. The van der Waals surface area contributed by atoms with Crippen molar-refractivity contribution < 1.29 is 8.91 Å². The van der Waals surface area contributed by atoms with Crippen LogP contribution in [0.25, 0.3) is 11.3 Å². The van der Waals surface area contributed by atoms with Crippen molar-refractivity contribution in [3.8, 4) is 11.3 Å². The lowest BCUT2D eigenvalue weighted by Gasteiger charge is -2.31. The zero-order valence-electron chi connectivity index (χ0n) is 13.0. The first-order chi connectivity index (χ1) is 10.7. The van der Waals surface area contributed by atoms with Gasteiger partial charge in [0.15, 0.2) is 0 Å². The van der Waals surface area contributed by atoms with E-state index in [9.17, 15) is 4.39 Å². The maximum Gasteiger partial charge on any atom is 0.143 e. The average molecular weight is 320 g/mol. The van der Waals surface area contributed by atoms with E-state index in [1.165, 1.54) is 6.07 Å². The SMILES string of the molecule is CSCCC(C)N1CCc2onc(-c3ccccc3F)c2C1. The second-order valence-electron chi connectivity index (χ2n) is 5.76. The summed E-state index contributed by atoms with van der Waals surface area (Å²) in [5.74, 6) is 1.83. The highest BCUT2D eigenvalue weighted by molar-refractivity contribution is 7.98. The van der Waals surface area contributed by atoms with Crippen LogP contribution in [0.4, 0.5) is 4.39 Å². The summed E-state index contributed by atoms with van der Waals surface area (Å²) < 4.78 is 19.5. The van der Waals surface area contributed by atoms with E-state index in [4.69, 9.17) is 4.52 Å². The van der Waals surface area contributed by atoms with Crippen LogP contribution in [0.15, 0.2) is 28.8 Å². The van der Waals surface area contributed by atoms with Crippen LogP contribution in [0.5, 0.6) is 0 Å². The molecule has 2 heterocycles. The van der Waals surface area contributed by atoms with Gasteiger partial charge in [0, 0.05) is 36.7 Å². The topological polar surface area (TPSA) is 29.3 Å². The van der Waals surface area contributed by atoms with E-state index < -0.39 is 0 Å². The minimum atomic E-state index is -0.244. The second-order valence-corrected chi connectivity index (χ2v) is 6.75. The molecule has 1 aliphatic rings. The Balaban J connectivity index is 1.84. The van der Waals surface area contributed by atoms with E-state index in [-0.39, 0.29) is 5.82 Å². The number of thioether (sulfide) groups is 1. The lowest BCUT2D eigenvalue weighted by molar-refractivity contribution is 0.177. The van der Waals surface area contributed by atoms with Gasteiger partial charge in [-0.05, 0) is 37.5 Å². The van der Waals surface area contributed by atoms with Crippen LogP contribution in [0.2, 0.25) is 0 Å². The summed E-state index contributed by atoms with van der Waals surface area (Å²) in [7, 11) is 0. The van der Waals surface area contributed by atoms with Gasteiger partial charge in [-0.25, -0.2) is 4.39 Å². The van der Waals surface area contributed by atoms with Crippen LogP contribution < -0.4 is 0 Å². The molecule has 0 amide bonds. The standard InChI is InChI=1S/C17H21FN2OS/c1-12(8-10-22-2)20-9-7-16-14(11-20)17(19-21-16)13-5-3-4-6-15(13)18/h3-6,12H,7-11H2,1-2H3. The van der Waals surface area contributed by atoms with Crippen molar-refractivity contribution in [2.24, 2.45) is 0 Å². The predicted octanol–water partition coefficient (Wildman–Crippen LogP) is 3.98. The van der Waals surface area contributed by atoms with Crippen LogP contribution in [0, 0.1) is 5.82 Å². The van der Waals surface area contributed by atoms with Crippen molar-refractivity contribution in [2.45, 2.75) is 32.4 Å². The molecule has 0 fully saturated rings. The van der Waals surface area contributed by atoms with E-state index in [1.807, 2.05) is 17.8 Å². The van der Waals surface area contributed by atoms with Crippen LogP contribution in [-0.4, -0.2) is 34.7 Å². The molecule has 3 nitrogen and oxygen atoms in total. The van der Waals surface area contributed by atoms with Gasteiger partial charge in [0.1, 0.15) is 17.3 Å². The van der Waals surface area contributed by atoms with Gasteiger partial charge >= 0.3 is 0 Å². The number of halogens is 1. The predicted molar refractivity (Wildman–Crippen MR) is 88.5 cm³/mol. The van der Waals surface area contributed by atoms with Crippen molar-refractivity contribution >= 4 is 11.8 Å². The van der Waals surface area contributed by atoms with E-state index in [2.05, 4.69) is 23.2 Å². The van der Waals surface area contributed by atoms with Crippen LogP contribution >= 0.6 is 11.8 Å². The van der Waals surface area contributed by atoms with Crippen LogP contribution in [-0.2, 0) is 13.0 Å². The number of rotatable bonds is 5. The molecule has 0 saturated heterocycles.